The van der Waals surface area contributed by atoms with Crippen LogP contribution < -0.4 is 10.6 Å². The van der Waals surface area contributed by atoms with E-state index >= 15 is 0 Å². The molecule has 130 valence electrons. The fourth-order valence-electron chi connectivity index (χ4n) is 2.93. The van der Waals surface area contributed by atoms with Gasteiger partial charge in [0.1, 0.15) is 17.8 Å². The largest absolute Gasteiger partial charge is 0.387 e. The van der Waals surface area contributed by atoms with Gasteiger partial charge in [0.15, 0.2) is 0 Å². The predicted molar refractivity (Wildman–Crippen MR) is 94.3 cm³/mol. The lowest BCUT2D eigenvalue weighted by atomic mass is 9.87. The number of aliphatic hydroxyl groups excluding tert-OH is 1. The van der Waals surface area contributed by atoms with Crippen molar-refractivity contribution in [3.8, 4) is 0 Å². The summed E-state index contributed by atoms with van der Waals surface area (Å²) in [6, 6.07) is -0.337. The normalized spacial score (nSPS) is 34.8. The van der Waals surface area contributed by atoms with Crippen molar-refractivity contribution in [2.45, 2.75) is 37.3 Å². The van der Waals surface area contributed by atoms with Crippen molar-refractivity contribution in [2.75, 3.05) is 26.6 Å². The van der Waals surface area contributed by atoms with Crippen molar-refractivity contribution in [1.82, 2.24) is 10.6 Å². The van der Waals surface area contributed by atoms with Gasteiger partial charge in [0.05, 0.1) is 6.10 Å². The molecule has 1 saturated heterocycles. The van der Waals surface area contributed by atoms with E-state index in [2.05, 4.69) is 36.8 Å². The Balaban J connectivity index is 2.24. The number of carbonyl (C=O) groups excluding carboxylic acids is 1. The monoisotopic (exact) mass is 342 g/mol. The van der Waals surface area contributed by atoms with Gasteiger partial charge in [-0.1, -0.05) is 6.58 Å². The Morgan fingerprint density at radius 1 is 1.52 bits per heavy atom. The molecule has 0 bridgehead atoms. The van der Waals surface area contributed by atoms with Crippen LogP contribution in [0.5, 0.6) is 0 Å². The van der Waals surface area contributed by atoms with Crippen molar-refractivity contribution in [1.29, 1.82) is 0 Å². The molecule has 0 aliphatic carbocycles. The number of nitrogens with one attached hydrogen (secondary N) is 2. The molecule has 0 saturated carbocycles. The van der Waals surface area contributed by atoms with Gasteiger partial charge in [-0.3, -0.25) is 0 Å². The number of hydrogen-bond donors (Lipinski definition) is 3. The Labute approximate surface area is 137 Å². The van der Waals surface area contributed by atoms with E-state index in [0.717, 1.165) is 12.6 Å². The molecule has 2 rings (SSSR count). The molecular weight excluding hydrogens is 315 g/mol. The molecule has 2 aliphatic heterocycles. The molecule has 1 unspecified atom stereocenters. The van der Waals surface area contributed by atoms with E-state index in [-0.39, 0.29) is 12.1 Å². The molecule has 0 spiro atoms. The highest BCUT2D eigenvalue weighted by Gasteiger charge is 2.55. The second-order valence-electron chi connectivity index (χ2n) is 7.01. The molecule has 0 aromatic carbocycles. The van der Waals surface area contributed by atoms with Crippen LogP contribution in [0.3, 0.4) is 0 Å². The molecule has 7 heteroatoms. The van der Waals surface area contributed by atoms with Crippen LogP contribution in [0.4, 0.5) is 4.79 Å². The van der Waals surface area contributed by atoms with Crippen molar-refractivity contribution >= 4 is 19.2 Å². The van der Waals surface area contributed by atoms with Crippen LogP contribution in [0, 0.1) is 0 Å². The summed E-state index contributed by atoms with van der Waals surface area (Å²) in [6.45, 7) is 8.80. The average Bonchev–Trinajstić information content (AvgIpc) is 2.70. The summed E-state index contributed by atoms with van der Waals surface area (Å²) in [6.07, 6.45) is 5.80. The Morgan fingerprint density at radius 3 is 2.70 bits per heavy atom. The third kappa shape index (κ3) is 3.72. The van der Waals surface area contributed by atoms with Crippen LogP contribution in [-0.2, 0) is 9.47 Å². The third-order valence-corrected chi connectivity index (χ3v) is 5.95. The quantitative estimate of drug-likeness (QED) is 0.659. The summed E-state index contributed by atoms with van der Waals surface area (Å²) in [4.78, 5) is 11.4. The molecule has 1 fully saturated rings. The summed E-state index contributed by atoms with van der Waals surface area (Å²) in [5.41, 5.74) is 0.228. The number of methoxy groups -OCH3 is 1. The highest BCUT2D eigenvalue weighted by Crippen LogP contribution is 2.43. The Kier molecular flexibility index (Phi) is 5.12. The molecule has 4 atom stereocenters. The highest BCUT2D eigenvalue weighted by molar-refractivity contribution is 7.72. The molecule has 6 nitrogen and oxygen atoms in total. The fraction of sp³-hybridized carbons (Fsp3) is 0.625. The van der Waals surface area contributed by atoms with Gasteiger partial charge in [0, 0.05) is 24.6 Å². The average molecular weight is 342 g/mol. The topological polar surface area (TPSA) is 79.8 Å². The van der Waals surface area contributed by atoms with Crippen LogP contribution in [-0.4, -0.2) is 68.0 Å². The van der Waals surface area contributed by atoms with Crippen LogP contribution in [0.2, 0.25) is 0 Å². The summed E-state index contributed by atoms with van der Waals surface area (Å²) < 4.78 is 11.7. The number of amides is 2. The van der Waals surface area contributed by atoms with Crippen LogP contribution in [0.1, 0.15) is 13.3 Å². The second kappa shape index (κ2) is 6.44. The van der Waals surface area contributed by atoms with Gasteiger partial charge in [0.25, 0.3) is 0 Å². The van der Waals surface area contributed by atoms with Crippen molar-refractivity contribution in [3.05, 3.63) is 24.0 Å². The van der Waals surface area contributed by atoms with Crippen molar-refractivity contribution < 1.29 is 19.4 Å². The zero-order valence-corrected chi connectivity index (χ0v) is 15.2. The van der Waals surface area contributed by atoms with Gasteiger partial charge in [0.2, 0.25) is 0 Å². The molecule has 0 radical (unpaired) electrons. The maximum atomic E-state index is 11.4. The maximum absolute atomic E-state index is 11.4. The molecule has 23 heavy (non-hydrogen) atoms. The first-order chi connectivity index (χ1) is 10.6. The minimum atomic E-state index is -1.20. The lowest BCUT2D eigenvalue weighted by molar-refractivity contribution is -0.0828. The van der Waals surface area contributed by atoms with Gasteiger partial charge in [-0.05, 0) is 32.8 Å². The SMILES string of the molecule is C=C1NC(=O)NC=C1C1O[C@H](CCP(=C)(C)C)[C@@H](O)[C@@]1(C)OC. The van der Waals surface area contributed by atoms with Crippen molar-refractivity contribution in [3.63, 3.8) is 0 Å². The maximum Gasteiger partial charge on any atom is 0.323 e. The Hall–Kier alpha value is -1.07. The smallest absolute Gasteiger partial charge is 0.323 e. The van der Waals surface area contributed by atoms with E-state index in [0.29, 0.717) is 11.3 Å². The molecule has 0 aromatic heterocycles. The molecule has 2 amide bonds. The third-order valence-electron chi connectivity index (χ3n) is 4.48. The van der Waals surface area contributed by atoms with E-state index in [4.69, 9.17) is 9.47 Å². The standard InChI is InChI=1S/C16H27N2O4P/c1-10-11(9-17-15(20)18-10)14-16(2,21-3)13(19)12(22-14)7-8-23(4,5)6/h9,12-14,19H,1,4,7-8H2,2-3,5-6H3,(H2,17,18,20)/t12-,13-,14?,16-/m1/s1. The Bertz CT molecular complexity index is 583. The molecule has 2 heterocycles. The Morgan fingerprint density at radius 2 is 2.17 bits per heavy atom. The van der Waals surface area contributed by atoms with Crippen LogP contribution in [0.25, 0.3) is 0 Å². The van der Waals surface area contributed by atoms with Gasteiger partial charge in [-0.2, -0.15) is 0 Å². The van der Waals surface area contributed by atoms with Gasteiger partial charge >= 0.3 is 6.03 Å². The molecule has 0 aromatic rings. The van der Waals surface area contributed by atoms with E-state index < -0.39 is 24.7 Å². The van der Waals surface area contributed by atoms with Crippen molar-refractivity contribution in [2.24, 2.45) is 0 Å². The van der Waals surface area contributed by atoms with Gasteiger partial charge in [-0.15, -0.1) is 13.2 Å². The van der Waals surface area contributed by atoms with Gasteiger partial charge < -0.3 is 25.2 Å². The minimum Gasteiger partial charge on any atom is -0.387 e. The summed E-state index contributed by atoms with van der Waals surface area (Å²) in [5, 5.41) is 15.9. The van der Waals surface area contributed by atoms with Gasteiger partial charge in [-0.25, -0.2) is 4.79 Å². The van der Waals surface area contributed by atoms with E-state index in [1.54, 1.807) is 13.3 Å². The zero-order valence-electron chi connectivity index (χ0n) is 14.3. The fourth-order valence-corrected chi connectivity index (χ4v) is 3.88. The first kappa shape index (κ1) is 18.3. The first-order valence-electron chi connectivity index (χ1n) is 7.61. The lowest BCUT2D eigenvalue weighted by Gasteiger charge is -2.34. The number of hydrogen-bond acceptors (Lipinski definition) is 4. The van der Waals surface area contributed by atoms with E-state index in [1.807, 2.05) is 6.92 Å². The molecule has 2 aliphatic rings. The second-order valence-corrected chi connectivity index (χ2v) is 11.3. The number of rotatable bonds is 5. The van der Waals surface area contributed by atoms with Crippen LogP contribution in [0.15, 0.2) is 24.0 Å². The summed E-state index contributed by atoms with van der Waals surface area (Å²) >= 11 is 0. The lowest BCUT2D eigenvalue weighted by Crippen LogP contribution is -2.50. The minimum absolute atomic E-state index is 0.336. The van der Waals surface area contributed by atoms with Crippen LogP contribution >= 0.6 is 6.89 Å². The molecular formula is C16H27N2O4P. The predicted octanol–water partition coefficient (Wildman–Crippen LogP) is 1.33. The number of ether oxygens (including phenoxy) is 2. The molecule has 3 N–H and O–H groups in total. The number of urea groups is 1. The zero-order chi connectivity index (χ0) is 17.4. The summed E-state index contributed by atoms with van der Waals surface area (Å²) in [5.74, 6) is 0. The van der Waals surface area contributed by atoms with E-state index in [1.165, 1.54) is 0 Å². The number of aliphatic hydroxyl groups is 1. The van der Waals surface area contributed by atoms with E-state index in [9.17, 15) is 9.90 Å². The highest BCUT2D eigenvalue weighted by atomic mass is 31.2. The number of carbonyl (C=O) groups is 1. The first-order valence-corrected chi connectivity index (χ1v) is 10.7. The summed E-state index contributed by atoms with van der Waals surface area (Å²) in [7, 11) is 1.55.